The Morgan fingerprint density at radius 3 is 2.36 bits per heavy atom. The van der Waals surface area contributed by atoms with Gasteiger partial charge in [-0.25, -0.2) is 0 Å². The first-order valence-electron chi connectivity index (χ1n) is 12.1. The van der Waals surface area contributed by atoms with Crippen molar-refractivity contribution in [3.63, 3.8) is 0 Å². The van der Waals surface area contributed by atoms with Gasteiger partial charge in [0.15, 0.2) is 0 Å². The number of amides is 1. The van der Waals surface area contributed by atoms with Gasteiger partial charge in [-0.1, -0.05) is 63.5 Å². The number of nitrogens with zero attached hydrogens (tertiary/aromatic N) is 4. The molecule has 2 fully saturated rings. The molecule has 0 spiro atoms. The molecule has 3 heterocycles. The summed E-state index contributed by atoms with van der Waals surface area (Å²) in [5.41, 5.74) is 1.37. The molecule has 2 aliphatic rings. The first-order valence-corrected chi connectivity index (χ1v) is 13.3. The number of hydrogen-bond donors (Lipinski definition) is 0. The molecular formula is C25H34N4O2S2. The van der Waals surface area contributed by atoms with Crippen molar-refractivity contribution in [1.29, 1.82) is 5.26 Å². The Hall–Kier alpha value is -2.11. The summed E-state index contributed by atoms with van der Waals surface area (Å²) < 4.78 is 2.34. The van der Waals surface area contributed by atoms with E-state index >= 15 is 0 Å². The standard InChI is InChI=1S/C25H34N4O2S2/c1-4-6-9-15-29-24(31)21(33-25(29)32)16-19-18(3)20(17-26)23(30)28(12-5-2)22(19)27-13-10-7-8-11-14-27/h16H,4-15H2,1-3H3/b21-16+. The van der Waals surface area contributed by atoms with E-state index in [1.165, 1.54) is 24.6 Å². The molecule has 2 aliphatic heterocycles. The molecule has 33 heavy (non-hydrogen) atoms. The van der Waals surface area contributed by atoms with Gasteiger partial charge in [0.1, 0.15) is 21.8 Å². The van der Waals surface area contributed by atoms with Gasteiger partial charge in [0.25, 0.3) is 11.5 Å². The summed E-state index contributed by atoms with van der Waals surface area (Å²) in [7, 11) is 0. The summed E-state index contributed by atoms with van der Waals surface area (Å²) >= 11 is 6.84. The fraction of sp³-hybridized carbons (Fsp3) is 0.600. The number of rotatable bonds is 8. The highest BCUT2D eigenvalue weighted by atomic mass is 32.2. The van der Waals surface area contributed by atoms with Crippen LogP contribution < -0.4 is 10.5 Å². The van der Waals surface area contributed by atoms with Crippen LogP contribution in [-0.2, 0) is 11.3 Å². The lowest BCUT2D eigenvalue weighted by molar-refractivity contribution is -0.122. The number of aromatic nitrogens is 1. The Labute approximate surface area is 206 Å². The van der Waals surface area contributed by atoms with Crippen molar-refractivity contribution >= 4 is 46.1 Å². The zero-order chi connectivity index (χ0) is 24.0. The highest BCUT2D eigenvalue weighted by Crippen LogP contribution is 2.36. The zero-order valence-electron chi connectivity index (χ0n) is 20.0. The Morgan fingerprint density at radius 2 is 1.76 bits per heavy atom. The molecule has 0 aromatic carbocycles. The number of carbonyl (C=O) groups is 1. The number of nitriles is 1. The minimum Gasteiger partial charge on any atom is -0.357 e. The molecule has 1 aromatic rings. The Kier molecular flexibility index (Phi) is 9.16. The maximum Gasteiger partial charge on any atom is 0.270 e. The monoisotopic (exact) mass is 486 g/mol. The minimum atomic E-state index is -0.236. The van der Waals surface area contributed by atoms with Crippen molar-refractivity contribution in [2.75, 3.05) is 24.5 Å². The van der Waals surface area contributed by atoms with E-state index in [0.29, 0.717) is 27.9 Å². The average molecular weight is 487 g/mol. The quantitative estimate of drug-likeness (QED) is 0.285. The topological polar surface area (TPSA) is 69.3 Å². The van der Waals surface area contributed by atoms with Gasteiger partial charge in [0.2, 0.25) is 0 Å². The van der Waals surface area contributed by atoms with Crippen molar-refractivity contribution in [3.05, 3.63) is 31.9 Å². The molecule has 1 amide bonds. The first kappa shape index (κ1) is 25.5. The van der Waals surface area contributed by atoms with Crippen molar-refractivity contribution in [2.45, 2.75) is 78.7 Å². The number of unbranched alkanes of at least 4 members (excludes halogenated alkanes) is 2. The summed E-state index contributed by atoms with van der Waals surface area (Å²) in [6, 6.07) is 2.12. The van der Waals surface area contributed by atoms with E-state index in [1.54, 1.807) is 9.47 Å². The summed E-state index contributed by atoms with van der Waals surface area (Å²) in [4.78, 5) is 31.0. The van der Waals surface area contributed by atoms with Crippen molar-refractivity contribution in [2.24, 2.45) is 0 Å². The maximum absolute atomic E-state index is 13.3. The number of thioether (sulfide) groups is 1. The molecule has 0 N–H and O–H groups in total. The van der Waals surface area contributed by atoms with Gasteiger partial charge < -0.3 is 4.90 Å². The van der Waals surface area contributed by atoms with Crippen LogP contribution in [-0.4, -0.2) is 39.3 Å². The lowest BCUT2D eigenvalue weighted by atomic mass is 10.0. The van der Waals surface area contributed by atoms with Crippen LogP contribution in [0, 0.1) is 18.3 Å². The van der Waals surface area contributed by atoms with E-state index in [-0.39, 0.29) is 17.0 Å². The van der Waals surface area contributed by atoms with Crippen LogP contribution in [0.3, 0.4) is 0 Å². The van der Waals surface area contributed by atoms with Crippen molar-refractivity contribution in [1.82, 2.24) is 9.47 Å². The van der Waals surface area contributed by atoms with Gasteiger partial charge in [-0.05, 0) is 44.2 Å². The Morgan fingerprint density at radius 1 is 1.06 bits per heavy atom. The fourth-order valence-corrected chi connectivity index (χ4v) is 5.83. The van der Waals surface area contributed by atoms with E-state index in [4.69, 9.17) is 12.2 Å². The summed E-state index contributed by atoms with van der Waals surface area (Å²) in [5.74, 6) is 0.769. The summed E-state index contributed by atoms with van der Waals surface area (Å²) in [6.45, 7) is 8.90. The van der Waals surface area contributed by atoms with E-state index in [0.717, 1.165) is 63.0 Å². The lowest BCUT2D eigenvalue weighted by Crippen LogP contribution is -2.35. The Bertz CT molecular complexity index is 1030. The van der Waals surface area contributed by atoms with Gasteiger partial charge in [0.05, 0.1) is 4.91 Å². The van der Waals surface area contributed by atoms with Crippen LogP contribution in [0.4, 0.5) is 5.82 Å². The van der Waals surface area contributed by atoms with Gasteiger partial charge in [-0.15, -0.1) is 0 Å². The molecule has 0 aliphatic carbocycles. The van der Waals surface area contributed by atoms with Crippen molar-refractivity contribution in [3.8, 4) is 6.07 Å². The molecule has 3 rings (SSSR count). The van der Waals surface area contributed by atoms with E-state index in [1.807, 2.05) is 19.9 Å². The van der Waals surface area contributed by atoms with Crippen LogP contribution in [0.5, 0.6) is 0 Å². The second-order valence-electron chi connectivity index (χ2n) is 8.75. The predicted molar refractivity (Wildman–Crippen MR) is 141 cm³/mol. The molecule has 0 saturated carbocycles. The van der Waals surface area contributed by atoms with Gasteiger partial charge in [-0.2, -0.15) is 5.26 Å². The largest absolute Gasteiger partial charge is 0.357 e. The van der Waals surface area contributed by atoms with Gasteiger partial charge >= 0.3 is 0 Å². The highest BCUT2D eigenvalue weighted by molar-refractivity contribution is 8.26. The number of thiocarbonyl (C=S) groups is 1. The molecule has 0 atom stereocenters. The number of carbonyl (C=O) groups excluding carboxylic acids is 1. The van der Waals surface area contributed by atoms with E-state index < -0.39 is 0 Å². The van der Waals surface area contributed by atoms with E-state index in [2.05, 4.69) is 17.9 Å². The first-order chi connectivity index (χ1) is 15.9. The van der Waals surface area contributed by atoms with Crippen LogP contribution in [0.2, 0.25) is 0 Å². The number of hydrogen-bond acceptors (Lipinski definition) is 6. The third-order valence-electron chi connectivity index (χ3n) is 6.33. The van der Waals surface area contributed by atoms with Gasteiger partial charge in [-0.3, -0.25) is 19.1 Å². The lowest BCUT2D eigenvalue weighted by Gasteiger charge is -2.29. The third-order valence-corrected chi connectivity index (χ3v) is 7.71. The SMILES string of the molecule is CCCCCN1C(=O)/C(=C\c2c(C)c(C#N)c(=O)n(CCC)c2N2CCCCCC2)SC1=S. The average Bonchev–Trinajstić information content (AvgIpc) is 2.97. The van der Waals surface area contributed by atoms with Crippen LogP contribution in [0.15, 0.2) is 9.70 Å². The van der Waals surface area contributed by atoms with Crippen LogP contribution in [0.25, 0.3) is 6.08 Å². The Balaban J connectivity index is 2.14. The number of pyridine rings is 1. The fourth-order valence-electron chi connectivity index (χ4n) is 4.54. The van der Waals surface area contributed by atoms with Crippen LogP contribution in [0.1, 0.15) is 81.9 Å². The third kappa shape index (κ3) is 5.52. The molecule has 0 bridgehead atoms. The predicted octanol–water partition coefficient (Wildman–Crippen LogP) is 5.21. The molecule has 0 unspecified atom stereocenters. The molecule has 178 valence electrons. The normalized spacial score (nSPS) is 18.2. The molecule has 2 saturated heterocycles. The molecular weight excluding hydrogens is 452 g/mol. The molecule has 8 heteroatoms. The zero-order valence-corrected chi connectivity index (χ0v) is 21.6. The maximum atomic E-state index is 13.3. The minimum absolute atomic E-state index is 0.0749. The summed E-state index contributed by atoms with van der Waals surface area (Å²) in [6.07, 6.45) is 10.2. The summed E-state index contributed by atoms with van der Waals surface area (Å²) in [5, 5.41) is 9.78. The highest BCUT2D eigenvalue weighted by Gasteiger charge is 2.33. The molecule has 6 nitrogen and oxygen atoms in total. The molecule has 1 aromatic heterocycles. The van der Waals surface area contributed by atoms with E-state index in [9.17, 15) is 14.9 Å². The smallest absolute Gasteiger partial charge is 0.270 e. The van der Waals surface area contributed by atoms with Crippen molar-refractivity contribution < 1.29 is 4.79 Å². The second kappa shape index (κ2) is 11.8. The van der Waals surface area contributed by atoms with Gasteiger partial charge in [0, 0.05) is 31.7 Å². The number of anilines is 1. The molecule has 0 radical (unpaired) electrons. The second-order valence-corrected chi connectivity index (χ2v) is 10.4. The van der Waals surface area contributed by atoms with Crippen LogP contribution >= 0.6 is 24.0 Å².